The Hall–Kier alpha value is -1.43. The van der Waals surface area contributed by atoms with Gasteiger partial charge in [-0.1, -0.05) is 0 Å². The molecule has 0 spiro atoms. The predicted molar refractivity (Wildman–Crippen MR) is 24.9 cm³/mol. The second-order valence-corrected chi connectivity index (χ2v) is 1.17. The number of ketones is 1. The Morgan fingerprint density at radius 1 is 1.67 bits per heavy atom. The van der Waals surface area contributed by atoms with Gasteiger partial charge in [0.2, 0.25) is 0 Å². The molecule has 5 nitrogen and oxygen atoms in total. The molecule has 0 aliphatic rings. The minimum absolute atomic E-state index is 1.000. The number of hydroxylamine groups is 1. The molecule has 0 aromatic heterocycles. The maximum atomic E-state index is 10.2. The summed E-state index contributed by atoms with van der Waals surface area (Å²) in [5, 5.41) is 23.8. The second-order valence-electron chi connectivity index (χ2n) is 1.17. The van der Waals surface area contributed by atoms with Crippen LogP contribution in [0.5, 0.6) is 0 Å². The average molecular weight is 125 g/mol. The largest absolute Gasteiger partial charge is 0.315 e. The van der Waals surface area contributed by atoms with Gasteiger partial charge in [-0.3, -0.25) is 4.79 Å². The zero-order chi connectivity index (χ0) is 7.28. The Balaban J connectivity index is 4.04. The van der Waals surface area contributed by atoms with Crippen molar-refractivity contribution in [2.75, 3.05) is 0 Å². The Labute approximate surface area is 51.1 Å². The van der Waals surface area contributed by atoms with Gasteiger partial charge in [0.05, 0.1) is 6.07 Å². The number of carbonyl (C=O) groups excluding carboxylic acids is 1. The molecule has 0 radical (unpaired) electrons. The third-order valence-corrected chi connectivity index (χ3v) is 0.631. The van der Waals surface area contributed by atoms with Crippen molar-refractivity contribution >= 4 is 5.78 Å². The number of Topliss-reactive ketones (excluding diaryl/α,β-unsaturated/α-hetero) is 1. The highest BCUT2D eigenvalue weighted by molar-refractivity contribution is 5.99. The van der Waals surface area contributed by atoms with Gasteiger partial charge in [-0.2, -0.15) is 16.0 Å². The van der Waals surface area contributed by atoms with E-state index in [1.807, 2.05) is 0 Å². The minimum Gasteiger partial charge on any atom is -0.315 e. The van der Waals surface area contributed by atoms with Crippen LogP contribution in [0.4, 0.5) is 0 Å². The van der Waals surface area contributed by atoms with E-state index in [1.165, 1.54) is 17.6 Å². The molecular weight excluding hydrogens is 122 g/mol. The summed E-state index contributed by atoms with van der Waals surface area (Å²) in [6.07, 6.45) is 0. The van der Waals surface area contributed by atoms with Crippen LogP contribution in [-0.4, -0.2) is 17.0 Å². The highest BCUT2D eigenvalue weighted by Gasteiger charge is 2.14. The van der Waals surface area contributed by atoms with Crippen LogP contribution in [0, 0.1) is 22.7 Å². The monoisotopic (exact) mass is 125 g/mol. The third-order valence-electron chi connectivity index (χ3n) is 0.631. The van der Waals surface area contributed by atoms with Crippen molar-refractivity contribution < 1.29 is 10.0 Å². The summed E-state index contributed by atoms with van der Waals surface area (Å²) in [5.74, 6) is -1.000. The van der Waals surface area contributed by atoms with Gasteiger partial charge in [0, 0.05) is 0 Å². The number of carbonyl (C=O) groups is 1. The molecular formula is C4H3N3O2. The van der Waals surface area contributed by atoms with Crippen molar-refractivity contribution in [2.24, 2.45) is 0 Å². The predicted octanol–water partition coefficient (Wildman–Crippen LogP) is -1.05. The lowest BCUT2D eigenvalue weighted by molar-refractivity contribution is -0.116. The van der Waals surface area contributed by atoms with Gasteiger partial charge in [-0.25, -0.2) is 0 Å². The summed E-state index contributed by atoms with van der Waals surface area (Å²) >= 11 is 0. The summed E-state index contributed by atoms with van der Waals surface area (Å²) in [6, 6.07) is 1.13. The number of rotatable bonds is 2. The van der Waals surface area contributed by atoms with Crippen LogP contribution in [0.2, 0.25) is 0 Å². The second kappa shape index (κ2) is 3.56. The molecule has 0 heterocycles. The fourth-order valence-electron chi connectivity index (χ4n) is 0.211. The van der Waals surface area contributed by atoms with E-state index in [2.05, 4.69) is 0 Å². The molecule has 0 aromatic carbocycles. The van der Waals surface area contributed by atoms with Crippen LogP contribution in [0.25, 0.3) is 0 Å². The molecule has 0 aliphatic carbocycles. The lowest BCUT2D eigenvalue weighted by atomic mass is 10.2. The number of nitrogens with zero attached hydrogens (tertiary/aromatic N) is 2. The molecule has 0 aliphatic heterocycles. The first-order valence-electron chi connectivity index (χ1n) is 1.99. The molecule has 0 rings (SSSR count). The van der Waals surface area contributed by atoms with E-state index in [0.29, 0.717) is 0 Å². The zero-order valence-electron chi connectivity index (χ0n) is 4.33. The van der Waals surface area contributed by atoms with Gasteiger partial charge in [0.25, 0.3) is 5.78 Å². The Kier molecular flexibility index (Phi) is 2.99. The van der Waals surface area contributed by atoms with Crippen LogP contribution < -0.4 is 5.48 Å². The van der Waals surface area contributed by atoms with E-state index in [9.17, 15) is 4.79 Å². The summed E-state index contributed by atoms with van der Waals surface area (Å²) in [5.41, 5.74) is 1.37. The maximum Gasteiger partial charge on any atom is 0.265 e. The number of nitriles is 2. The lowest BCUT2D eigenvalue weighted by Crippen LogP contribution is -2.31. The summed E-state index contributed by atoms with van der Waals surface area (Å²) in [6.45, 7) is 0. The fourth-order valence-corrected chi connectivity index (χ4v) is 0.211. The van der Waals surface area contributed by atoms with E-state index in [0.717, 1.165) is 0 Å². The summed E-state index contributed by atoms with van der Waals surface area (Å²) in [4.78, 5) is 10.2. The Bertz CT molecular complexity index is 187. The molecule has 0 fully saturated rings. The first-order chi connectivity index (χ1) is 4.26. The smallest absolute Gasteiger partial charge is 0.265 e. The molecule has 5 heteroatoms. The highest BCUT2D eigenvalue weighted by atomic mass is 16.5. The van der Waals surface area contributed by atoms with Crippen LogP contribution in [0.1, 0.15) is 0 Å². The van der Waals surface area contributed by atoms with Crippen LogP contribution in [0.15, 0.2) is 0 Å². The molecule has 0 saturated heterocycles. The molecule has 1 atom stereocenters. The molecule has 0 amide bonds. The SMILES string of the molecule is N#CC(=O)C(C#N)NO. The molecule has 0 bridgehead atoms. The quantitative estimate of drug-likeness (QED) is 0.362. The Morgan fingerprint density at radius 2 is 2.22 bits per heavy atom. The number of nitrogens with one attached hydrogen (secondary N) is 1. The van der Waals surface area contributed by atoms with E-state index in [4.69, 9.17) is 15.7 Å². The molecule has 2 N–H and O–H groups in total. The molecule has 0 saturated carbocycles. The van der Waals surface area contributed by atoms with E-state index >= 15 is 0 Å². The fraction of sp³-hybridized carbons (Fsp3) is 0.250. The summed E-state index contributed by atoms with van der Waals surface area (Å²) in [7, 11) is 0. The van der Waals surface area contributed by atoms with Crippen molar-refractivity contribution in [2.45, 2.75) is 6.04 Å². The molecule has 1 unspecified atom stereocenters. The van der Waals surface area contributed by atoms with E-state index < -0.39 is 11.8 Å². The minimum atomic E-state index is -1.42. The van der Waals surface area contributed by atoms with Crippen molar-refractivity contribution in [1.82, 2.24) is 5.48 Å². The molecule has 46 valence electrons. The number of hydrogen-bond acceptors (Lipinski definition) is 5. The van der Waals surface area contributed by atoms with Gasteiger partial charge in [-0.15, -0.1) is 0 Å². The van der Waals surface area contributed by atoms with Crippen molar-refractivity contribution in [3.05, 3.63) is 0 Å². The highest BCUT2D eigenvalue weighted by Crippen LogP contribution is 1.78. The Morgan fingerprint density at radius 3 is 2.33 bits per heavy atom. The van der Waals surface area contributed by atoms with Crippen molar-refractivity contribution in [1.29, 1.82) is 10.5 Å². The first-order valence-corrected chi connectivity index (χ1v) is 1.99. The van der Waals surface area contributed by atoms with Crippen LogP contribution >= 0.6 is 0 Å². The topological polar surface area (TPSA) is 96.9 Å². The molecule has 0 aromatic rings. The number of hydrogen-bond donors (Lipinski definition) is 2. The third kappa shape index (κ3) is 1.87. The van der Waals surface area contributed by atoms with Gasteiger partial charge in [0.1, 0.15) is 6.07 Å². The standard InChI is InChI=1S/C4H3N3O2/c5-1-3(7-9)4(8)2-6/h3,7,9H. The van der Waals surface area contributed by atoms with Crippen LogP contribution in [0.3, 0.4) is 0 Å². The molecule has 9 heavy (non-hydrogen) atoms. The first kappa shape index (κ1) is 7.57. The van der Waals surface area contributed by atoms with Crippen molar-refractivity contribution in [3.63, 3.8) is 0 Å². The zero-order valence-corrected chi connectivity index (χ0v) is 4.33. The van der Waals surface area contributed by atoms with E-state index in [1.54, 1.807) is 0 Å². The van der Waals surface area contributed by atoms with Gasteiger partial charge in [-0.05, 0) is 0 Å². The maximum absolute atomic E-state index is 10.2. The lowest BCUT2D eigenvalue weighted by Gasteiger charge is -1.94. The van der Waals surface area contributed by atoms with E-state index in [-0.39, 0.29) is 0 Å². The van der Waals surface area contributed by atoms with Gasteiger partial charge >= 0.3 is 0 Å². The van der Waals surface area contributed by atoms with Crippen LogP contribution in [-0.2, 0) is 4.79 Å². The summed E-state index contributed by atoms with van der Waals surface area (Å²) < 4.78 is 0. The van der Waals surface area contributed by atoms with Gasteiger partial charge < -0.3 is 5.21 Å². The average Bonchev–Trinajstić information content (AvgIpc) is 1.90. The van der Waals surface area contributed by atoms with Crippen molar-refractivity contribution in [3.8, 4) is 12.1 Å². The normalized spacial score (nSPS) is 11.0. The van der Waals surface area contributed by atoms with Gasteiger partial charge in [0.15, 0.2) is 6.04 Å².